The van der Waals surface area contributed by atoms with E-state index in [4.69, 9.17) is 5.11 Å². The van der Waals surface area contributed by atoms with Gasteiger partial charge in [-0.05, 0) is 56.6 Å². The van der Waals surface area contributed by atoms with Gasteiger partial charge in [0.2, 0.25) is 0 Å². The molecule has 1 aromatic carbocycles. The average molecular weight is 262 g/mol. The Morgan fingerprint density at radius 2 is 2.05 bits per heavy atom. The summed E-state index contributed by atoms with van der Waals surface area (Å²) in [4.78, 5) is 15.6. The van der Waals surface area contributed by atoms with Gasteiger partial charge in [0, 0.05) is 25.8 Å². The smallest absolute Gasteiger partial charge is 0.335 e. The first-order valence-corrected chi connectivity index (χ1v) is 6.85. The third-order valence-corrected chi connectivity index (χ3v) is 3.81. The van der Waals surface area contributed by atoms with Gasteiger partial charge in [-0.2, -0.15) is 0 Å². The summed E-state index contributed by atoms with van der Waals surface area (Å²) >= 11 is 0. The van der Waals surface area contributed by atoms with Crippen LogP contribution >= 0.6 is 0 Å². The zero-order valence-electron chi connectivity index (χ0n) is 11.7. The number of anilines is 1. The molecule has 0 atom stereocenters. The first kappa shape index (κ1) is 13.9. The number of likely N-dealkylation sites (tertiary alicyclic amines) is 1. The van der Waals surface area contributed by atoms with Crippen LogP contribution in [0.2, 0.25) is 0 Å². The molecule has 0 bridgehead atoms. The second-order valence-corrected chi connectivity index (χ2v) is 5.28. The summed E-state index contributed by atoms with van der Waals surface area (Å²) in [5.74, 6) is -0.866. The van der Waals surface area contributed by atoms with Crippen molar-refractivity contribution in [3.8, 4) is 0 Å². The first-order chi connectivity index (χ1) is 9.08. The lowest BCUT2D eigenvalue weighted by Crippen LogP contribution is -2.31. The summed E-state index contributed by atoms with van der Waals surface area (Å²) in [7, 11) is 2.07. The fourth-order valence-corrected chi connectivity index (χ4v) is 2.63. The lowest BCUT2D eigenvalue weighted by Gasteiger charge is -2.24. The second kappa shape index (κ2) is 6.06. The zero-order valence-corrected chi connectivity index (χ0v) is 11.7. The summed E-state index contributed by atoms with van der Waals surface area (Å²) < 4.78 is 0. The van der Waals surface area contributed by atoms with Crippen LogP contribution in [0.25, 0.3) is 0 Å². The highest BCUT2D eigenvalue weighted by molar-refractivity contribution is 5.88. The van der Waals surface area contributed by atoms with E-state index < -0.39 is 5.97 Å². The number of aryl methyl sites for hydroxylation is 1. The van der Waals surface area contributed by atoms with Crippen molar-refractivity contribution in [2.45, 2.75) is 19.8 Å². The lowest BCUT2D eigenvalue weighted by molar-refractivity contribution is 0.0697. The fraction of sp³-hybridized carbons (Fsp3) is 0.533. The molecule has 0 unspecified atom stereocenters. The third-order valence-electron chi connectivity index (χ3n) is 3.81. The van der Waals surface area contributed by atoms with Crippen molar-refractivity contribution < 1.29 is 9.90 Å². The molecule has 0 radical (unpaired) electrons. The molecule has 0 aromatic heterocycles. The van der Waals surface area contributed by atoms with Crippen LogP contribution in [0, 0.1) is 6.92 Å². The number of hydrogen-bond acceptors (Lipinski definition) is 3. The highest BCUT2D eigenvalue weighted by Crippen LogP contribution is 2.20. The molecule has 0 aliphatic carbocycles. The number of carbonyl (C=O) groups is 1. The van der Waals surface area contributed by atoms with Crippen LogP contribution < -0.4 is 4.90 Å². The SMILES string of the molecule is Cc1cc(C(=O)O)ccc1N(C)CCN1CCCC1. The molecule has 1 N–H and O–H groups in total. The topological polar surface area (TPSA) is 43.8 Å². The molecule has 4 heteroatoms. The van der Waals surface area contributed by atoms with E-state index in [1.807, 2.05) is 13.0 Å². The summed E-state index contributed by atoms with van der Waals surface area (Å²) in [6.07, 6.45) is 2.63. The minimum absolute atomic E-state index is 0.356. The van der Waals surface area contributed by atoms with Crippen LogP contribution in [-0.2, 0) is 0 Å². The van der Waals surface area contributed by atoms with Gasteiger partial charge in [0.05, 0.1) is 5.56 Å². The van der Waals surface area contributed by atoms with Crippen LogP contribution in [0.4, 0.5) is 5.69 Å². The van der Waals surface area contributed by atoms with Gasteiger partial charge in [-0.3, -0.25) is 0 Å². The molecule has 2 rings (SSSR count). The normalized spacial score (nSPS) is 15.7. The van der Waals surface area contributed by atoms with Crippen LogP contribution in [0.1, 0.15) is 28.8 Å². The molecule has 1 aliphatic rings. The van der Waals surface area contributed by atoms with Gasteiger partial charge in [-0.1, -0.05) is 0 Å². The van der Waals surface area contributed by atoms with Gasteiger partial charge >= 0.3 is 5.97 Å². The molecule has 0 spiro atoms. The minimum atomic E-state index is -0.866. The van der Waals surface area contributed by atoms with E-state index in [9.17, 15) is 4.79 Å². The Labute approximate surface area is 114 Å². The summed E-state index contributed by atoms with van der Waals surface area (Å²) in [6.45, 7) is 6.45. The molecule has 1 aromatic rings. The number of benzene rings is 1. The van der Waals surface area contributed by atoms with E-state index in [0.717, 1.165) is 24.3 Å². The Kier molecular flexibility index (Phi) is 4.43. The molecule has 4 nitrogen and oxygen atoms in total. The highest BCUT2D eigenvalue weighted by Gasteiger charge is 2.13. The Morgan fingerprint density at radius 3 is 2.63 bits per heavy atom. The Balaban J connectivity index is 1.98. The van der Waals surface area contributed by atoms with E-state index in [2.05, 4.69) is 16.8 Å². The third kappa shape index (κ3) is 3.47. The maximum atomic E-state index is 10.9. The fourth-order valence-electron chi connectivity index (χ4n) is 2.63. The molecular formula is C15H22N2O2. The molecule has 1 aliphatic heterocycles. The van der Waals surface area contributed by atoms with Crippen LogP contribution in [0.5, 0.6) is 0 Å². The predicted octanol–water partition coefficient (Wildman–Crippen LogP) is 2.23. The molecule has 1 heterocycles. The van der Waals surface area contributed by atoms with Crippen molar-refractivity contribution in [1.29, 1.82) is 0 Å². The molecule has 1 fully saturated rings. The predicted molar refractivity (Wildman–Crippen MR) is 77.1 cm³/mol. The zero-order chi connectivity index (χ0) is 13.8. The lowest BCUT2D eigenvalue weighted by atomic mass is 10.1. The number of hydrogen-bond donors (Lipinski definition) is 1. The molecule has 0 saturated carbocycles. The summed E-state index contributed by atoms with van der Waals surface area (Å²) in [5.41, 5.74) is 2.49. The first-order valence-electron chi connectivity index (χ1n) is 6.85. The number of aromatic carboxylic acids is 1. The van der Waals surface area contributed by atoms with Crippen molar-refractivity contribution in [2.75, 3.05) is 38.1 Å². The maximum Gasteiger partial charge on any atom is 0.335 e. The molecule has 19 heavy (non-hydrogen) atoms. The number of rotatable bonds is 5. The standard InChI is InChI=1S/C15H22N2O2/c1-12-11-13(15(18)19)5-6-14(12)16(2)9-10-17-7-3-4-8-17/h5-6,11H,3-4,7-10H2,1-2H3,(H,18,19). The largest absolute Gasteiger partial charge is 0.478 e. The molecule has 1 saturated heterocycles. The number of carboxylic acid groups (broad SMARTS) is 1. The average Bonchev–Trinajstić information content (AvgIpc) is 2.88. The van der Waals surface area contributed by atoms with Crippen LogP contribution in [0.3, 0.4) is 0 Å². The van der Waals surface area contributed by atoms with E-state index in [1.165, 1.54) is 25.9 Å². The van der Waals surface area contributed by atoms with E-state index in [0.29, 0.717) is 5.56 Å². The molecule has 0 amide bonds. The number of carboxylic acids is 1. The van der Waals surface area contributed by atoms with Gasteiger partial charge in [-0.15, -0.1) is 0 Å². The highest BCUT2D eigenvalue weighted by atomic mass is 16.4. The van der Waals surface area contributed by atoms with E-state index in [1.54, 1.807) is 12.1 Å². The minimum Gasteiger partial charge on any atom is -0.478 e. The van der Waals surface area contributed by atoms with Crippen molar-refractivity contribution in [3.05, 3.63) is 29.3 Å². The van der Waals surface area contributed by atoms with Gasteiger partial charge in [0.1, 0.15) is 0 Å². The number of nitrogens with zero attached hydrogens (tertiary/aromatic N) is 2. The van der Waals surface area contributed by atoms with Crippen LogP contribution in [0.15, 0.2) is 18.2 Å². The summed E-state index contributed by atoms with van der Waals surface area (Å²) in [6, 6.07) is 5.32. The summed E-state index contributed by atoms with van der Waals surface area (Å²) in [5, 5.41) is 8.97. The Hall–Kier alpha value is -1.55. The molecule has 104 valence electrons. The van der Waals surface area contributed by atoms with Gasteiger partial charge in [0.15, 0.2) is 0 Å². The Morgan fingerprint density at radius 1 is 1.37 bits per heavy atom. The van der Waals surface area contributed by atoms with Crippen molar-refractivity contribution >= 4 is 11.7 Å². The Bertz CT molecular complexity index is 453. The monoisotopic (exact) mass is 262 g/mol. The van der Waals surface area contributed by atoms with Crippen molar-refractivity contribution in [3.63, 3.8) is 0 Å². The van der Waals surface area contributed by atoms with Gasteiger partial charge in [0.25, 0.3) is 0 Å². The second-order valence-electron chi connectivity index (χ2n) is 5.28. The van der Waals surface area contributed by atoms with Gasteiger partial charge < -0.3 is 14.9 Å². The quantitative estimate of drug-likeness (QED) is 0.883. The van der Waals surface area contributed by atoms with E-state index in [-0.39, 0.29) is 0 Å². The van der Waals surface area contributed by atoms with E-state index >= 15 is 0 Å². The van der Waals surface area contributed by atoms with Gasteiger partial charge in [-0.25, -0.2) is 4.79 Å². The van der Waals surface area contributed by atoms with Crippen LogP contribution in [-0.4, -0.2) is 49.2 Å². The number of likely N-dealkylation sites (N-methyl/N-ethyl adjacent to an activating group) is 1. The maximum absolute atomic E-state index is 10.9. The molecular weight excluding hydrogens is 240 g/mol. The van der Waals surface area contributed by atoms with Crippen molar-refractivity contribution in [1.82, 2.24) is 4.90 Å². The van der Waals surface area contributed by atoms with Crippen molar-refractivity contribution in [2.24, 2.45) is 0 Å².